The van der Waals surface area contributed by atoms with Gasteiger partial charge in [-0.2, -0.15) is 13.2 Å². The molecule has 0 aromatic heterocycles. The smallest absolute Gasteiger partial charge is 0.378 e. The summed E-state index contributed by atoms with van der Waals surface area (Å²) in [4.78, 5) is 12.6. The second-order valence-electron chi connectivity index (χ2n) is 6.82. The van der Waals surface area contributed by atoms with E-state index in [-0.39, 0.29) is 24.2 Å². The number of aryl methyl sites for hydroxylation is 1. The van der Waals surface area contributed by atoms with Crippen LogP contribution in [0.15, 0.2) is 18.2 Å². The van der Waals surface area contributed by atoms with Crippen molar-refractivity contribution in [2.75, 3.05) is 11.9 Å². The third-order valence-corrected chi connectivity index (χ3v) is 5.05. The van der Waals surface area contributed by atoms with Gasteiger partial charge in [-0.3, -0.25) is 4.79 Å². The minimum Gasteiger partial charge on any atom is -0.378 e. The number of hydrogen-bond acceptors (Lipinski definition) is 3. The zero-order valence-electron chi connectivity index (χ0n) is 14.7. The summed E-state index contributed by atoms with van der Waals surface area (Å²) in [7, 11) is 0. The van der Waals surface area contributed by atoms with Crippen LogP contribution in [0, 0.1) is 12.3 Å². The van der Waals surface area contributed by atoms with Crippen LogP contribution in [0.4, 0.5) is 18.9 Å². The van der Waals surface area contributed by atoms with Crippen molar-refractivity contribution in [3.8, 4) is 0 Å². The van der Waals surface area contributed by atoms with E-state index in [9.17, 15) is 18.0 Å². The first-order valence-electron chi connectivity index (χ1n) is 7.83. The molecule has 142 valence electrons. The Labute approximate surface area is 151 Å². The van der Waals surface area contributed by atoms with E-state index in [0.29, 0.717) is 18.6 Å². The van der Waals surface area contributed by atoms with E-state index < -0.39 is 28.6 Å². The van der Waals surface area contributed by atoms with E-state index in [1.54, 1.807) is 6.92 Å². The van der Waals surface area contributed by atoms with Crippen molar-refractivity contribution in [1.29, 1.82) is 0 Å². The molecule has 1 saturated carbocycles. The molecule has 0 bridgehead atoms. The molecule has 3 N–H and O–H groups in total. The first-order valence-corrected chi connectivity index (χ1v) is 7.83. The van der Waals surface area contributed by atoms with Crippen LogP contribution in [0.1, 0.15) is 38.3 Å². The van der Waals surface area contributed by atoms with Gasteiger partial charge in [-0.05, 0) is 31.5 Å². The van der Waals surface area contributed by atoms with Crippen molar-refractivity contribution in [3.05, 3.63) is 29.3 Å². The molecule has 2 unspecified atom stereocenters. The number of rotatable bonds is 4. The largest absolute Gasteiger partial charge is 0.416 e. The summed E-state index contributed by atoms with van der Waals surface area (Å²) in [6.07, 6.45) is -4.29. The molecule has 0 heterocycles. The van der Waals surface area contributed by atoms with Gasteiger partial charge in [-0.25, -0.2) is 0 Å². The SMILES string of the molecule is CCOC1CC(N)(C(=O)Nc2cc(C(F)(F)F)ccc2C)C1(C)C.Cl. The van der Waals surface area contributed by atoms with Crippen molar-refractivity contribution in [2.45, 2.75) is 51.9 Å². The minimum atomic E-state index is -4.47. The average molecular weight is 381 g/mol. The number of nitrogens with two attached hydrogens (primary N) is 1. The molecule has 1 aromatic rings. The fourth-order valence-electron chi connectivity index (χ4n) is 2.99. The predicted molar refractivity (Wildman–Crippen MR) is 92.8 cm³/mol. The number of alkyl halides is 3. The molecule has 8 heteroatoms. The Kier molecular flexibility index (Phi) is 6.20. The van der Waals surface area contributed by atoms with Crippen LogP contribution in [0.3, 0.4) is 0 Å². The standard InChI is InChI=1S/C17H23F3N2O2.ClH/c1-5-24-13-9-16(21,15(13,3)4)14(23)22-12-8-11(17(18,19)20)7-6-10(12)2;/h6-8,13H,5,9,21H2,1-4H3,(H,22,23);1H. The molecule has 1 fully saturated rings. The van der Waals surface area contributed by atoms with Gasteiger partial charge in [0.25, 0.3) is 0 Å². The number of benzene rings is 1. The molecule has 1 aliphatic carbocycles. The molecule has 0 aliphatic heterocycles. The molecular formula is C17H24ClF3N2O2. The molecule has 1 amide bonds. The third kappa shape index (κ3) is 3.78. The fraction of sp³-hybridized carbons (Fsp3) is 0.588. The quantitative estimate of drug-likeness (QED) is 0.832. The number of amides is 1. The van der Waals surface area contributed by atoms with Gasteiger partial charge in [0.15, 0.2) is 0 Å². The first kappa shape index (κ1) is 21.7. The van der Waals surface area contributed by atoms with E-state index in [2.05, 4.69) is 5.32 Å². The molecule has 2 rings (SSSR count). The van der Waals surface area contributed by atoms with Gasteiger partial charge in [0.05, 0.1) is 11.7 Å². The maximum Gasteiger partial charge on any atom is 0.416 e. The fourth-order valence-corrected chi connectivity index (χ4v) is 2.99. The van der Waals surface area contributed by atoms with Crippen LogP contribution in [0.5, 0.6) is 0 Å². The average Bonchev–Trinajstić information content (AvgIpc) is 2.47. The molecule has 2 atom stereocenters. The van der Waals surface area contributed by atoms with Crippen molar-refractivity contribution >= 4 is 24.0 Å². The lowest BCUT2D eigenvalue weighted by Crippen LogP contribution is -2.74. The topological polar surface area (TPSA) is 64.3 Å². The Morgan fingerprint density at radius 2 is 2.00 bits per heavy atom. The normalized spacial score (nSPS) is 24.9. The van der Waals surface area contributed by atoms with Gasteiger partial charge < -0.3 is 15.8 Å². The van der Waals surface area contributed by atoms with Gasteiger partial charge in [0, 0.05) is 24.1 Å². The van der Waals surface area contributed by atoms with Crippen LogP contribution >= 0.6 is 12.4 Å². The summed E-state index contributed by atoms with van der Waals surface area (Å²) >= 11 is 0. The molecule has 0 saturated heterocycles. The molecule has 1 aromatic carbocycles. The predicted octanol–water partition coefficient (Wildman–Crippen LogP) is 3.91. The van der Waals surface area contributed by atoms with Crippen LogP contribution in [0.25, 0.3) is 0 Å². The van der Waals surface area contributed by atoms with Gasteiger partial charge in [0.1, 0.15) is 5.54 Å². The van der Waals surface area contributed by atoms with Crippen molar-refractivity contribution in [3.63, 3.8) is 0 Å². The summed E-state index contributed by atoms with van der Waals surface area (Å²) in [6.45, 7) is 7.66. The summed E-state index contributed by atoms with van der Waals surface area (Å²) in [6, 6.07) is 3.25. The Bertz CT molecular complexity index is 649. The zero-order chi connectivity index (χ0) is 18.3. The number of halogens is 4. The van der Waals surface area contributed by atoms with Gasteiger partial charge in [0.2, 0.25) is 5.91 Å². The van der Waals surface area contributed by atoms with Crippen LogP contribution in [0.2, 0.25) is 0 Å². The Hall–Kier alpha value is -1.31. The summed E-state index contributed by atoms with van der Waals surface area (Å²) in [5.74, 6) is -0.495. The van der Waals surface area contributed by atoms with Crippen LogP contribution in [-0.4, -0.2) is 24.2 Å². The first-order chi connectivity index (χ1) is 10.9. The highest BCUT2D eigenvalue weighted by Gasteiger charge is 2.62. The number of carbonyl (C=O) groups excluding carboxylic acids is 1. The maximum absolute atomic E-state index is 12.9. The van der Waals surface area contributed by atoms with Crippen molar-refractivity contribution in [2.24, 2.45) is 11.1 Å². The van der Waals surface area contributed by atoms with Crippen molar-refractivity contribution in [1.82, 2.24) is 0 Å². The van der Waals surface area contributed by atoms with E-state index in [4.69, 9.17) is 10.5 Å². The van der Waals surface area contributed by atoms with Gasteiger partial charge in [-0.1, -0.05) is 19.9 Å². The lowest BCUT2D eigenvalue weighted by atomic mass is 9.54. The maximum atomic E-state index is 12.9. The van der Waals surface area contributed by atoms with Gasteiger partial charge in [-0.15, -0.1) is 12.4 Å². The Morgan fingerprint density at radius 1 is 1.40 bits per heavy atom. The summed E-state index contributed by atoms with van der Waals surface area (Å²) < 4.78 is 44.1. The number of hydrogen-bond donors (Lipinski definition) is 2. The number of ether oxygens (including phenoxy) is 1. The summed E-state index contributed by atoms with van der Waals surface area (Å²) in [5.41, 5.74) is 4.31. The van der Waals surface area contributed by atoms with Crippen molar-refractivity contribution < 1.29 is 22.7 Å². The lowest BCUT2D eigenvalue weighted by Gasteiger charge is -2.57. The molecular weight excluding hydrogens is 357 g/mol. The zero-order valence-corrected chi connectivity index (χ0v) is 15.5. The van der Waals surface area contributed by atoms with Crippen LogP contribution in [-0.2, 0) is 15.7 Å². The molecule has 1 aliphatic rings. The highest BCUT2D eigenvalue weighted by molar-refractivity contribution is 6.00. The highest BCUT2D eigenvalue weighted by atomic mass is 35.5. The second-order valence-corrected chi connectivity index (χ2v) is 6.82. The second kappa shape index (κ2) is 7.13. The monoisotopic (exact) mass is 380 g/mol. The Balaban J connectivity index is 0.00000312. The van der Waals surface area contributed by atoms with E-state index in [0.717, 1.165) is 12.1 Å². The third-order valence-electron chi connectivity index (χ3n) is 5.05. The van der Waals surface area contributed by atoms with E-state index in [1.807, 2.05) is 20.8 Å². The molecule has 25 heavy (non-hydrogen) atoms. The number of anilines is 1. The number of carbonyl (C=O) groups is 1. The minimum absolute atomic E-state index is 0. The summed E-state index contributed by atoms with van der Waals surface area (Å²) in [5, 5.41) is 2.56. The van der Waals surface area contributed by atoms with E-state index in [1.165, 1.54) is 6.07 Å². The Morgan fingerprint density at radius 3 is 2.48 bits per heavy atom. The van der Waals surface area contributed by atoms with Crippen LogP contribution < -0.4 is 11.1 Å². The molecule has 0 spiro atoms. The van der Waals surface area contributed by atoms with E-state index >= 15 is 0 Å². The van der Waals surface area contributed by atoms with Gasteiger partial charge >= 0.3 is 6.18 Å². The molecule has 4 nitrogen and oxygen atoms in total. The number of nitrogens with one attached hydrogen (secondary N) is 1. The highest BCUT2D eigenvalue weighted by Crippen LogP contribution is 2.50. The molecule has 0 radical (unpaired) electrons. The lowest BCUT2D eigenvalue weighted by molar-refractivity contribution is -0.166.